The van der Waals surface area contributed by atoms with Crippen LogP contribution in [-0.4, -0.2) is 108 Å². The van der Waals surface area contributed by atoms with Crippen LogP contribution in [-0.2, 0) is 42.7 Å². The maximum Gasteiger partial charge on any atom is 0.338 e. The average molecular weight is 563 g/mol. The highest BCUT2D eigenvalue weighted by atomic mass is 16.7. The third kappa shape index (κ3) is 3.55. The molecule has 2 saturated carbocycles. The molecule has 11 nitrogen and oxygen atoms in total. The first-order valence-corrected chi connectivity index (χ1v) is 14.3. The highest BCUT2D eigenvalue weighted by Gasteiger charge is 2.86. The molecule has 1 unspecified atom stereocenters. The fourth-order valence-corrected chi connectivity index (χ4v) is 8.09. The van der Waals surface area contributed by atoms with Crippen molar-refractivity contribution in [3.8, 4) is 0 Å². The summed E-state index contributed by atoms with van der Waals surface area (Å²) < 4.78 is 42.6. The zero-order valence-corrected chi connectivity index (χ0v) is 23.2. The Morgan fingerprint density at radius 3 is 2.52 bits per heavy atom. The normalized spacial score (nSPS) is 57.2. The summed E-state index contributed by atoms with van der Waals surface area (Å²) in [4.78, 5) is 26.4. The highest BCUT2D eigenvalue weighted by molar-refractivity contribution is 5.82. The number of carbonyl (C=O) groups is 2. The number of fused-ring (bicyclic) bond motifs is 3. The third-order valence-electron chi connectivity index (χ3n) is 11.1. The standard InChI is InChI=1S/C29H38O11/c1-15(30)16-7-5-6-8-20(32)37-18-11-19-29(14-36-29)27(18,4)28(10-9-25(2)21(39-25)22(28)38-19)13-35-24(33)23-26(3,40-23)17(31)12-34-16/h5-8,15-19,21-23,30-31H,9-14H2,1-4H3/b7-5+,8-6-/t15-,16+,17-,18+,19+,21-,22+,23+,25+,26+,27+,28?,29-/m0/s1. The number of hydrogen-bond acceptors (Lipinski definition) is 11. The number of allylic oxidation sites excluding steroid dienone is 2. The molecule has 6 fully saturated rings. The number of carbonyl (C=O) groups excluding carboxylic acids is 2. The Kier molecular flexibility index (Phi) is 5.80. The minimum atomic E-state index is -1.18. The summed E-state index contributed by atoms with van der Waals surface area (Å²) in [6.45, 7) is 7.67. The van der Waals surface area contributed by atoms with Crippen LogP contribution in [0.3, 0.4) is 0 Å². The Morgan fingerprint density at radius 2 is 1.80 bits per heavy atom. The summed E-state index contributed by atoms with van der Waals surface area (Å²) >= 11 is 0. The number of cyclic esters (lactones) is 1. The quantitative estimate of drug-likeness (QED) is 0.344. The lowest BCUT2D eigenvalue weighted by molar-refractivity contribution is -0.251. The number of aliphatic hydroxyl groups excluding tert-OH is 2. The minimum absolute atomic E-state index is 0.0139. The Hall–Kier alpha value is -1.86. The van der Waals surface area contributed by atoms with Gasteiger partial charge in [-0.1, -0.05) is 25.2 Å². The summed E-state index contributed by atoms with van der Waals surface area (Å²) in [5.41, 5.74) is -3.54. The minimum Gasteiger partial charge on any atom is -0.463 e. The van der Waals surface area contributed by atoms with Crippen LogP contribution in [0.2, 0.25) is 0 Å². The molecule has 13 atom stereocenters. The van der Waals surface area contributed by atoms with Gasteiger partial charge in [0.1, 0.15) is 42.2 Å². The van der Waals surface area contributed by atoms with Crippen LogP contribution in [0.25, 0.3) is 0 Å². The second kappa shape index (κ2) is 8.59. The van der Waals surface area contributed by atoms with Crippen LogP contribution in [0.1, 0.15) is 47.0 Å². The molecule has 2 aliphatic carbocycles. The monoisotopic (exact) mass is 562 g/mol. The van der Waals surface area contributed by atoms with Gasteiger partial charge in [-0.3, -0.25) is 0 Å². The van der Waals surface area contributed by atoms with Gasteiger partial charge in [-0.15, -0.1) is 0 Å². The number of esters is 2. The van der Waals surface area contributed by atoms with Crippen LogP contribution in [0, 0.1) is 10.8 Å². The predicted octanol–water partition coefficient (Wildman–Crippen LogP) is 0.736. The van der Waals surface area contributed by atoms with Gasteiger partial charge in [-0.2, -0.15) is 0 Å². The van der Waals surface area contributed by atoms with Crippen LogP contribution in [0.5, 0.6) is 0 Å². The van der Waals surface area contributed by atoms with E-state index in [1.165, 1.54) is 12.2 Å². The zero-order valence-electron chi connectivity index (χ0n) is 23.2. The van der Waals surface area contributed by atoms with Crippen molar-refractivity contribution in [1.82, 2.24) is 0 Å². The summed E-state index contributed by atoms with van der Waals surface area (Å²) in [6.07, 6.45) is 2.83. The summed E-state index contributed by atoms with van der Waals surface area (Å²) in [7, 11) is 0. The fourth-order valence-electron chi connectivity index (χ4n) is 8.09. The molecule has 40 heavy (non-hydrogen) atoms. The summed E-state index contributed by atoms with van der Waals surface area (Å²) in [5, 5.41) is 20.9. The van der Waals surface area contributed by atoms with Crippen molar-refractivity contribution in [3.63, 3.8) is 0 Å². The van der Waals surface area contributed by atoms with Crippen molar-refractivity contribution in [1.29, 1.82) is 0 Å². The van der Waals surface area contributed by atoms with E-state index in [1.807, 2.05) is 0 Å². The molecule has 11 heteroatoms. The van der Waals surface area contributed by atoms with Gasteiger partial charge in [0.15, 0.2) is 6.10 Å². The molecule has 2 N–H and O–H groups in total. The van der Waals surface area contributed by atoms with E-state index in [4.69, 9.17) is 33.2 Å². The second-order valence-corrected chi connectivity index (χ2v) is 13.2. The van der Waals surface area contributed by atoms with E-state index in [9.17, 15) is 19.8 Å². The third-order valence-corrected chi connectivity index (χ3v) is 11.1. The Bertz CT molecular complexity index is 1160. The van der Waals surface area contributed by atoms with Crippen molar-refractivity contribution < 1.29 is 53.0 Å². The molecule has 5 heterocycles. The van der Waals surface area contributed by atoms with E-state index in [0.29, 0.717) is 19.4 Å². The van der Waals surface area contributed by atoms with Crippen LogP contribution in [0.15, 0.2) is 24.3 Å². The van der Waals surface area contributed by atoms with E-state index in [1.54, 1.807) is 26.0 Å². The highest BCUT2D eigenvalue weighted by Crippen LogP contribution is 2.75. The molecule has 0 amide bonds. The molecule has 0 radical (unpaired) electrons. The molecule has 2 spiro atoms. The van der Waals surface area contributed by atoms with E-state index < -0.39 is 64.5 Å². The molecule has 2 bridgehead atoms. The number of epoxide rings is 3. The van der Waals surface area contributed by atoms with Crippen molar-refractivity contribution in [2.24, 2.45) is 10.8 Å². The molecular weight excluding hydrogens is 524 g/mol. The maximum atomic E-state index is 13.4. The van der Waals surface area contributed by atoms with Crippen LogP contribution < -0.4 is 0 Å². The first kappa shape index (κ1) is 27.0. The lowest BCUT2D eigenvalue weighted by atomic mass is 9.50. The molecule has 220 valence electrons. The van der Waals surface area contributed by atoms with Crippen molar-refractivity contribution >= 4 is 11.9 Å². The molecule has 4 saturated heterocycles. The largest absolute Gasteiger partial charge is 0.463 e. The molecule has 0 aromatic rings. The lowest BCUT2D eigenvalue weighted by Gasteiger charge is -2.58. The van der Waals surface area contributed by atoms with E-state index in [0.717, 1.165) is 6.42 Å². The smallest absolute Gasteiger partial charge is 0.338 e. The van der Waals surface area contributed by atoms with E-state index >= 15 is 0 Å². The van der Waals surface area contributed by atoms with Gasteiger partial charge >= 0.3 is 11.9 Å². The molecule has 5 aliphatic heterocycles. The Labute approximate surface area is 232 Å². The van der Waals surface area contributed by atoms with Gasteiger partial charge in [0.2, 0.25) is 0 Å². The number of ether oxygens (including phenoxy) is 7. The second-order valence-electron chi connectivity index (χ2n) is 13.2. The number of aliphatic hydroxyl groups is 2. The average Bonchev–Trinajstić information content (AvgIpc) is 3.81. The van der Waals surface area contributed by atoms with E-state index in [-0.39, 0.29) is 37.1 Å². The topological polar surface area (TPSA) is 149 Å². The molecule has 0 aromatic carbocycles. The van der Waals surface area contributed by atoms with E-state index in [2.05, 4.69) is 13.8 Å². The number of rotatable bonds is 1. The SMILES string of the molecule is C[C@H](O)[C@H]1/C=C/C=C\C(=O)O[C@@H]2C[C@H]3O[C@@H]4[C@@H]5O[C@]5(C)CCC4(COC(=O)[C@H]4O[C@]4(C)[C@@H](O)CO1)[C@]2(C)[C@]31CO1. The van der Waals surface area contributed by atoms with Crippen LogP contribution >= 0.6 is 0 Å². The predicted molar refractivity (Wildman–Crippen MR) is 135 cm³/mol. The first-order valence-electron chi connectivity index (χ1n) is 14.3. The molecule has 7 rings (SSSR count). The summed E-state index contributed by atoms with van der Waals surface area (Å²) in [5.74, 6) is -1.10. The van der Waals surface area contributed by atoms with Gasteiger partial charge in [-0.25, -0.2) is 9.59 Å². The molecule has 0 aromatic heterocycles. The van der Waals surface area contributed by atoms with Gasteiger partial charge in [0.25, 0.3) is 0 Å². The Morgan fingerprint density at radius 1 is 1.02 bits per heavy atom. The van der Waals surface area contributed by atoms with Gasteiger partial charge in [0, 0.05) is 17.9 Å². The van der Waals surface area contributed by atoms with Gasteiger partial charge in [0.05, 0.1) is 42.5 Å². The number of hydrogen-bond donors (Lipinski definition) is 2. The fraction of sp³-hybridized carbons (Fsp3) is 0.793. The van der Waals surface area contributed by atoms with Crippen molar-refractivity contribution in [3.05, 3.63) is 24.3 Å². The van der Waals surface area contributed by atoms with Crippen molar-refractivity contribution in [2.45, 2.75) is 113 Å². The summed E-state index contributed by atoms with van der Waals surface area (Å²) in [6, 6.07) is 0. The molecular formula is C29H38O11. The van der Waals surface area contributed by atoms with Crippen LogP contribution in [0.4, 0.5) is 0 Å². The Balaban J connectivity index is 1.25. The van der Waals surface area contributed by atoms with Gasteiger partial charge < -0.3 is 43.4 Å². The van der Waals surface area contributed by atoms with Crippen molar-refractivity contribution in [2.75, 3.05) is 19.8 Å². The first-order chi connectivity index (χ1) is 18.9. The lowest BCUT2D eigenvalue weighted by Crippen LogP contribution is -2.69. The zero-order chi connectivity index (χ0) is 28.3. The van der Waals surface area contributed by atoms with Gasteiger partial charge in [-0.05, 0) is 33.6 Å². The molecule has 7 aliphatic rings. The maximum absolute atomic E-state index is 13.4.